The Bertz CT molecular complexity index is 900. The zero-order valence-corrected chi connectivity index (χ0v) is 17.4. The molecule has 9 nitrogen and oxygen atoms in total. The summed E-state index contributed by atoms with van der Waals surface area (Å²) >= 11 is 0. The largest absolute Gasteiger partial charge is 0.368 e. The number of rotatable bonds is 3. The molecule has 0 saturated carbocycles. The lowest BCUT2D eigenvalue weighted by atomic mass is 9.99. The summed E-state index contributed by atoms with van der Waals surface area (Å²) < 4.78 is 0. The molecule has 2 unspecified atom stereocenters. The van der Waals surface area contributed by atoms with E-state index in [1.807, 2.05) is 24.6 Å². The van der Waals surface area contributed by atoms with Gasteiger partial charge in [-0.3, -0.25) is 4.79 Å². The van der Waals surface area contributed by atoms with Crippen molar-refractivity contribution in [3.63, 3.8) is 0 Å². The summed E-state index contributed by atoms with van der Waals surface area (Å²) in [7, 11) is 0. The van der Waals surface area contributed by atoms with Crippen molar-refractivity contribution in [3.05, 3.63) is 30.1 Å². The molecule has 4 aliphatic heterocycles. The smallest absolute Gasteiger partial charge is 0.267 e. The van der Waals surface area contributed by atoms with Gasteiger partial charge < -0.3 is 25.8 Å². The minimum atomic E-state index is -0.140. The van der Waals surface area contributed by atoms with Gasteiger partial charge in [0.25, 0.3) is 5.91 Å². The van der Waals surface area contributed by atoms with Crippen molar-refractivity contribution in [2.24, 2.45) is 21.8 Å². The molecule has 0 aromatic carbocycles. The van der Waals surface area contributed by atoms with Crippen LogP contribution in [-0.4, -0.2) is 72.9 Å². The lowest BCUT2D eigenvalue weighted by Crippen LogP contribution is -2.56. The molecule has 3 atom stereocenters. The van der Waals surface area contributed by atoms with Crippen LogP contribution < -0.4 is 20.9 Å². The predicted molar refractivity (Wildman–Crippen MR) is 118 cm³/mol. The van der Waals surface area contributed by atoms with Gasteiger partial charge in [0.15, 0.2) is 0 Å². The van der Waals surface area contributed by atoms with Crippen LogP contribution >= 0.6 is 0 Å². The molecule has 0 aliphatic carbocycles. The number of amides is 1. The third-order valence-corrected chi connectivity index (χ3v) is 6.18. The molecule has 158 valence electrons. The predicted octanol–water partition coefficient (Wildman–Crippen LogP) is 0.640. The maximum Gasteiger partial charge on any atom is 0.267 e. The first-order valence-corrected chi connectivity index (χ1v) is 10.7. The van der Waals surface area contributed by atoms with E-state index in [0.717, 1.165) is 31.9 Å². The number of piperazine rings is 2. The normalized spacial score (nSPS) is 28.0. The van der Waals surface area contributed by atoms with Crippen LogP contribution in [0.4, 0.5) is 11.5 Å². The van der Waals surface area contributed by atoms with Crippen molar-refractivity contribution in [1.82, 2.24) is 20.5 Å². The molecule has 4 aliphatic rings. The number of pyridine rings is 1. The van der Waals surface area contributed by atoms with Crippen LogP contribution in [0.15, 0.2) is 40.1 Å². The number of aromatic nitrogens is 1. The van der Waals surface area contributed by atoms with Crippen LogP contribution in [0.2, 0.25) is 0 Å². The Morgan fingerprint density at radius 3 is 2.80 bits per heavy atom. The average Bonchev–Trinajstić information content (AvgIpc) is 3.15. The summed E-state index contributed by atoms with van der Waals surface area (Å²) in [6.45, 7) is 8.97. The van der Waals surface area contributed by atoms with Gasteiger partial charge in [0.2, 0.25) is 5.96 Å². The van der Waals surface area contributed by atoms with Crippen molar-refractivity contribution >= 4 is 29.6 Å². The number of guanidine groups is 1. The summed E-state index contributed by atoms with van der Waals surface area (Å²) in [4.78, 5) is 30.8. The number of anilines is 2. The number of nitrogens with zero attached hydrogens (tertiary/aromatic N) is 5. The first-order valence-electron chi connectivity index (χ1n) is 10.7. The number of aliphatic imine (C=N–C) groups is 2. The van der Waals surface area contributed by atoms with Crippen LogP contribution in [0.5, 0.6) is 0 Å². The van der Waals surface area contributed by atoms with E-state index in [2.05, 4.69) is 55.6 Å². The number of nitrogens with one attached hydrogen (secondary N) is 3. The molecule has 1 amide bonds. The van der Waals surface area contributed by atoms with Crippen molar-refractivity contribution < 1.29 is 4.79 Å². The van der Waals surface area contributed by atoms with E-state index in [-0.39, 0.29) is 24.0 Å². The SMILES string of the molecule is CC(C)[C@@H]1CNC(=O)C2=CC3C=NC(Nc4ccc(N5CCNCC5)cn4)=NC3N21. The quantitative estimate of drug-likeness (QED) is 0.679. The number of carbonyl (C=O) groups is 1. The van der Waals surface area contributed by atoms with E-state index in [1.165, 1.54) is 0 Å². The first-order chi connectivity index (χ1) is 14.6. The Morgan fingerprint density at radius 1 is 1.23 bits per heavy atom. The Kier molecular flexibility index (Phi) is 4.90. The van der Waals surface area contributed by atoms with Crippen LogP contribution in [0.1, 0.15) is 13.8 Å². The van der Waals surface area contributed by atoms with Crippen molar-refractivity contribution in [2.75, 3.05) is 42.9 Å². The zero-order valence-electron chi connectivity index (χ0n) is 17.4. The Hall–Kier alpha value is -2.94. The van der Waals surface area contributed by atoms with Gasteiger partial charge in [0, 0.05) is 38.9 Å². The fourth-order valence-electron chi connectivity index (χ4n) is 4.53. The van der Waals surface area contributed by atoms with Gasteiger partial charge in [-0.15, -0.1) is 0 Å². The number of carbonyl (C=O) groups excluding carboxylic acids is 1. The van der Waals surface area contributed by atoms with Crippen molar-refractivity contribution in [3.8, 4) is 0 Å². The standard InChI is InChI=1S/C21H28N8O/c1-13(2)17-12-24-20(30)16-9-14-10-25-21(27-19(14)29(16)17)26-18-4-3-15(11-23-18)28-7-5-22-6-8-28/h3-4,9-11,13-14,17,19,22H,5-8,12H2,1-2H3,(H,24,30)(H,23,26,27)/t14?,17-,19?/m0/s1. The number of hydrogen-bond donors (Lipinski definition) is 3. The van der Waals surface area contributed by atoms with Crippen LogP contribution in [0.3, 0.4) is 0 Å². The van der Waals surface area contributed by atoms with Gasteiger partial charge >= 0.3 is 0 Å². The van der Waals surface area contributed by atoms with E-state index < -0.39 is 0 Å². The molecule has 0 bridgehead atoms. The minimum absolute atomic E-state index is 0.0127. The second-order valence-electron chi connectivity index (χ2n) is 8.47. The highest BCUT2D eigenvalue weighted by Gasteiger charge is 2.45. The van der Waals surface area contributed by atoms with E-state index >= 15 is 0 Å². The average molecular weight is 409 g/mol. The Morgan fingerprint density at radius 2 is 2.07 bits per heavy atom. The number of hydrogen-bond acceptors (Lipinski definition) is 8. The highest BCUT2D eigenvalue weighted by atomic mass is 16.2. The molecule has 2 fully saturated rings. The van der Waals surface area contributed by atoms with Crippen LogP contribution in [-0.2, 0) is 4.79 Å². The van der Waals surface area contributed by atoms with E-state index in [9.17, 15) is 4.79 Å². The summed E-state index contributed by atoms with van der Waals surface area (Å²) in [6, 6.07) is 4.26. The second-order valence-corrected chi connectivity index (χ2v) is 8.47. The van der Waals surface area contributed by atoms with E-state index in [1.54, 1.807) is 0 Å². The molecule has 3 N–H and O–H groups in total. The van der Waals surface area contributed by atoms with Crippen molar-refractivity contribution in [1.29, 1.82) is 0 Å². The monoisotopic (exact) mass is 408 g/mol. The van der Waals surface area contributed by atoms with E-state index in [4.69, 9.17) is 4.99 Å². The van der Waals surface area contributed by atoms with Gasteiger partial charge in [-0.05, 0) is 24.1 Å². The summed E-state index contributed by atoms with van der Waals surface area (Å²) in [5.41, 5.74) is 1.84. The molecular formula is C21H28N8O. The summed E-state index contributed by atoms with van der Waals surface area (Å²) in [5.74, 6) is 1.63. The fourth-order valence-corrected chi connectivity index (χ4v) is 4.53. The topological polar surface area (TPSA) is 97.2 Å². The Labute approximate surface area is 176 Å². The molecule has 0 radical (unpaired) electrons. The molecular weight excluding hydrogens is 380 g/mol. The molecule has 5 heterocycles. The minimum Gasteiger partial charge on any atom is -0.368 e. The molecule has 1 aromatic rings. The lowest BCUT2D eigenvalue weighted by molar-refractivity contribution is -0.122. The first kappa shape index (κ1) is 19.0. The van der Waals surface area contributed by atoms with E-state index in [0.29, 0.717) is 29.9 Å². The second kappa shape index (κ2) is 7.71. The van der Waals surface area contributed by atoms with Gasteiger partial charge in [-0.2, -0.15) is 0 Å². The van der Waals surface area contributed by atoms with Gasteiger partial charge in [0.1, 0.15) is 17.7 Å². The highest BCUT2D eigenvalue weighted by molar-refractivity contribution is 6.01. The van der Waals surface area contributed by atoms with Crippen LogP contribution in [0.25, 0.3) is 0 Å². The van der Waals surface area contributed by atoms with Crippen molar-refractivity contribution in [2.45, 2.75) is 26.1 Å². The summed E-state index contributed by atoms with van der Waals surface area (Å²) in [6.07, 6.45) is 5.62. The third-order valence-electron chi connectivity index (χ3n) is 6.18. The summed E-state index contributed by atoms with van der Waals surface area (Å²) in [5, 5.41) is 9.60. The lowest BCUT2D eigenvalue weighted by Gasteiger charge is -2.42. The Balaban J connectivity index is 1.32. The zero-order chi connectivity index (χ0) is 20.7. The fraction of sp³-hybridized carbons (Fsp3) is 0.524. The molecule has 9 heteroatoms. The molecule has 1 aromatic heterocycles. The maximum absolute atomic E-state index is 12.4. The highest BCUT2D eigenvalue weighted by Crippen LogP contribution is 2.35. The van der Waals surface area contributed by atoms with Gasteiger partial charge in [-0.1, -0.05) is 13.8 Å². The molecule has 2 saturated heterocycles. The third kappa shape index (κ3) is 3.43. The number of fused-ring (bicyclic) bond motifs is 3. The maximum atomic E-state index is 12.4. The molecule has 0 spiro atoms. The van der Waals surface area contributed by atoms with Gasteiger partial charge in [0.05, 0.1) is 23.8 Å². The van der Waals surface area contributed by atoms with Crippen LogP contribution in [0, 0.1) is 11.8 Å². The molecule has 30 heavy (non-hydrogen) atoms. The van der Waals surface area contributed by atoms with Gasteiger partial charge in [-0.25, -0.2) is 15.0 Å². The molecule has 5 rings (SSSR count).